The zero-order chi connectivity index (χ0) is 35.0. The first kappa shape index (κ1) is 37.6. The fraction of sp³-hybridized carbons (Fsp3) is 0.606. The highest BCUT2D eigenvalue weighted by Gasteiger charge is 2.44. The molecule has 3 aliphatic rings. The maximum absolute atomic E-state index is 13.1. The predicted molar refractivity (Wildman–Crippen MR) is 166 cm³/mol. The number of hydrogen-bond acceptors (Lipinski definition) is 14. The second kappa shape index (κ2) is 16.9. The van der Waals surface area contributed by atoms with Gasteiger partial charge in [0.1, 0.15) is 55.1 Å². The van der Waals surface area contributed by atoms with Gasteiger partial charge in [-0.3, -0.25) is 9.59 Å². The van der Waals surface area contributed by atoms with Crippen molar-refractivity contribution in [2.45, 2.75) is 101 Å². The molecule has 0 spiro atoms. The minimum atomic E-state index is -1.54. The number of aliphatic hydroxyl groups is 5. The van der Waals surface area contributed by atoms with Crippen molar-refractivity contribution in [3.05, 3.63) is 53.1 Å². The number of ether oxygens (including phenoxy) is 6. The average molecular weight is 680 g/mol. The van der Waals surface area contributed by atoms with E-state index in [1.54, 1.807) is 63.3 Å². The van der Waals surface area contributed by atoms with Gasteiger partial charge in [-0.2, -0.15) is 0 Å². The van der Waals surface area contributed by atoms with Crippen molar-refractivity contribution in [1.29, 1.82) is 0 Å². The van der Waals surface area contributed by atoms with E-state index in [0.717, 1.165) is 0 Å². The van der Waals surface area contributed by atoms with E-state index in [0.29, 0.717) is 11.1 Å². The Bertz CT molecular complexity index is 1310. The van der Waals surface area contributed by atoms with Crippen LogP contribution in [-0.2, 0) is 38.0 Å². The zero-order valence-corrected chi connectivity index (χ0v) is 27.1. The maximum atomic E-state index is 13.1. The number of hydrogen-bond donors (Lipinski definition) is 6. The molecule has 2 saturated heterocycles. The minimum Gasteiger partial charge on any atom is -0.460 e. The van der Waals surface area contributed by atoms with Crippen molar-refractivity contribution < 1.29 is 68.3 Å². The van der Waals surface area contributed by atoms with Gasteiger partial charge in [-0.15, -0.1) is 0 Å². The lowest BCUT2D eigenvalue weighted by atomic mass is 9.91. The Hall–Kier alpha value is -3.25. The van der Waals surface area contributed by atoms with E-state index in [4.69, 9.17) is 28.4 Å². The third-order valence-corrected chi connectivity index (χ3v) is 7.88. The van der Waals surface area contributed by atoms with Crippen LogP contribution in [0.5, 0.6) is 0 Å². The molecule has 1 aliphatic carbocycles. The molecule has 1 aromatic rings. The van der Waals surface area contributed by atoms with E-state index in [2.05, 4.69) is 5.32 Å². The number of benzene rings is 1. The molecule has 0 aromatic heterocycles. The summed E-state index contributed by atoms with van der Waals surface area (Å²) < 4.78 is 33.0. The van der Waals surface area contributed by atoms with E-state index in [-0.39, 0.29) is 44.8 Å². The van der Waals surface area contributed by atoms with Crippen LogP contribution >= 0.6 is 0 Å². The summed E-state index contributed by atoms with van der Waals surface area (Å²) >= 11 is 0. The van der Waals surface area contributed by atoms with E-state index in [1.165, 1.54) is 0 Å². The zero-order valence-electron chi connectivity index (χ0n) is 27.1. The first-order chi connectivity index (χ1) is 22.8. The van der Waals surface area contributed by atoms with Gasteiger partial charge >= 0.3 is 11.9 Å². The van der Waals surface area contributed by atoms with Gasteiger partial charge in [0.2, 0.25) is 5.91 Å². The summed E-state index contributed by atoms with van der Waals surface area (Å²) in [6.07, 6.45) is -3.76. The number of aliphatic hydroxyl groups excluding tert-OH is 5. The molecule has 266 valence electrons. The minimum absolute atomic E-state index is 0.00815. The van der Waals surface area contributed by atoms with Crippen molar-refractivity contribution in [2.24, 2.45) is 0 Å². The summed E-state index contributed by atoms with van der Waals surface area (Å²) in [5, 5.41) is 51.6. The molecule has 9 atom stereocenters. The summed E-state index contributed by atoms with van der Waals surface area (Å²) in [6, 6.07) is 5.77. The average Bonchev–Trinajstić information content (AvgIpc) is 3.53. The van der Waals surface area contributed by atoms with Gasteiger partial charge in [-0.1, -0.05) is 24.3 Å². The van der Waals surface area contributed by atoms with Crippen molar-refractivity contribution >= 4 is 23.9 Å². The lowest BCUT2D eigenvalue weighted by molar-refractivity contribution is -0.298. The van der Waals surface area contributed by atoms with Gasteiger partial charge in [0.15, 0.2) is 6.29 Å². The Morgan fingerprint density at radius 1 is 1.04 bits per heavy atom. The molecule has 0 saturated carbocycles. The number of carbonyl (C=O) groups excluding carboxylic acids is 3. The molecule has 1 aromatic carbocycles. The number of esters is 2. The molecule has 2 heterocycles. The highest BCUT2D eigenvalue weighted by molar-refractivity contribution is 5.94. The molecular weight excluding hydrogens is 634 g/mol. The largest absolute Gasteiger partial charge is 0.460 e. The Morgan fingerprint density at radius 3 is 2.44 bits per heavy atom. The Morgan fingerprint density at radius 2 is 1.77 bits per heavy atom. The van der Waals surface area contributed by atoms with Crippen molar-refractivity contribution in [2.75, 3.05) is 26.6 Å². The van der Waals surface area contributed by atoms with E-state index in [9.17, 15) is 39.9 Å². The molecule has 2 aliphatic heterocycles. The van der Waals surface area contributed by atoms with Crippen LogP contribution in [0.15, 0.2) is 42.0 Å². The summed E-state index contributed by atoms with van der Waals surface area (Å²) in [5.74, 6) is -1.56. The standard InChI is InChI=1S/C33H45NO14/c1-33(2,3)48-25(37)11-10-21(15-35)34-30(41)20-13-22-29(45-17-44-22)23(14-20)46-31(42)19-8-6-18(7-9-19)5-4-12-43-32-28(40)27(39)26(38)24(16-36)47-32/h4-9,13,21-24,26-29,32,35-36,38-40H,10-12,14-17H2,1-3H3,(H,34,41)/t21-,22+,23+,24+,26-,27-,28+,29+,32-/m0/s1. The summed E-state index contributed by atoms with van der Waals surface area (Å²) in [6.45, 7) is 4.25. The number of fused-ring (bicyclic) bond motifs is 1. The smallest absolute Gasteiger partial charge is 0.338 e. The van der Waals surface area contributed by atoms with Gasteiger partial charge in [-0.25, -0.2) is 4.79 Å². The van der Waals surface area contributed by atoms with Crippen LogP contribution in [0.25, 0.3) is 6.08 Å². The molecule has 15 nitrogen and oxygen atoms in total. The fourth-order valence-corrected chi connectivity index (χ4v) is 5.37. The molecule has 15 heteroatoms. The highest BCUT2D eigenvalue weighted by Crippen LogP contribution is 2.31. The monoisotopic (exact) mass is 679 g/mol. The molecule has 48 heavy (non-hydrogen) atoms. The Labute approximate surface area is 278 Å². The topological polar surface area (TPSA) is 220 Å². The van der Waals surface area contributed by atoms with Crippen LogP contribution in [0.2, 0.25) is 0 Å². The molecule has 0 unspecified atom stereocenters. The van der Waals surface area contributed by atoms with E-state index < -0.39 is 85.1 Å². The lowest BCUT2D eigenvalue weighted by Gasteiger charge is -2.39. The van der Waals surface area contributed by atoms with Gasteiger partial charge in [0.25, 0.3) is 0 Å². The van der Waals surface area contributed by atoms with Crippen molar-refractivity contribution in [3.8, 4) is 0 Å². The quantitative estimate of drug-likeness (QED) is 0.148. The first-order valence-electron chi connectivity index (χ1n) is 15.8. The first-order valence-corrected chi connectivity index (χ1v) is 15.8. The van der Waals surface area contributed by atoms with Gasteiger partial charge in [0.05, 0.1) is 31.4 Å². The molecule has 2 fully saturated rings. The summed E-state index contributed by atoms with van der Waals surface area (Å²) in [4.78, 5) is 38.3. The second-order valence-corrected chi connectivity index (χ2v) is 12.8. The predicted octanol–water partition coefficient (Wildman–Crippen LogP) is -0.288. The lowest BCUT2D eigenvalue weighted by Crippen LogP contribution is -2.59. The summed E-state index contributed by atoms with van der Waals surface area (Å²) in [7, 11) is 0. The molecule has 0 bridgehead atoms. The van der Waals surface area contributed by atoms with Crippen molar-refractivity contribution in [1.82, 2.24) is 5.32 Å². The number of rotatable bonds is 13. The molecule has 4 rings (SSSR count). The van der Waals surface area contributed by atoms with Gasteiger partial charge < -0.3 is 59.3 Å². The molecule has 6 N–H and O–H groups in total. The summed E-state index contributed by atoms with van der Waals surface area (Å²) in [5.41, 5.74) is 0.608. The second-order valence-electron chi connectivity index (χ2n) is 12.8. The number of nitrogens with one attached hydrogen (secondary N) is 1. The SMILES string of the molecule is CC(C)(C)OC(=O)CC[C@@H](CO)NC(=O)C1=C[C@H]2OCO[C@H]2[C@H](OC(=O)c2ccc(C=CCO[C@H]3O[C@H](CO)[C@H](O)[C@H](O)[C@H]3O)cc2)C1. The Balaban J connectivity index is 1.29. The van der Waals surface area contributed by atoms with E-state index >= 15 is 0 Å². The van der Waals surface area contributed by atoms with Crippen LogP contribution in [0.3, 0.4) is 0 Å². The van der Waals surface area contributed by atoms with Crippen LogP contribution < -0.4 is 5.32 Å². The molecule has 0 radical (unpaired) electrons. The normalized spacial score (nSPS) is 29.5. The van der Waals surface area contributed by atoms with Crippen LogP contribution in [0.4, 0.5) is 0 Å². The van der Waals surface area contributed by atoms with Crippen LogP contribution in [-0.4, -0.2) is 131 Å². The van der Waals surface area contributed by atoms with Crippen molar-refractivity contribution in [3.63, 3.8) is 0 Å². The molecule has 1 amide bonds. The van der Waals surface area contributed by atoms with Crippen LogP contribution in [0, 0.1) is 0 Å². The number of amides is 1. The maximum Gasteiger partial charge on any atom is 0.338 e. The highest BCUT2D eigenvalue weighted by atomic mass is 16.7. The molecular formula is C33H45NO14. The van der Waals surface area contributed by atoms with Gasteiger partial charge in [0, 0.05) is 18.4 Å². The fourth-order valence-electron chi connectivity index (χ4n) is 5.37. The Kier molecular flexibility index (Phi) is 13.2. The van der Waals surface area contributed by atoms with Crippen LogP contribution in [0.1, 0.15) is 56.0 Å². The number of carbonyl (C=O) groups is 3. The van der Waals surface area contributed by atoms with Gasteiger partial charge in [-0.05, 0) is 51.0 Å². The third kappa shape index (κ3) is 10.1. The third-order valence-electron chi connectivity index (χ3n) is 7.88. The van der Waals surface area contributed by atoms with E-state index in [1.807, 2.05) is 0 Å².